The lowest BCUT2D eigenvalue weighted by molar-refractivity contribution is -0.148. The first-order chi connectivity index (χ1) is 12.1. The third-order valence-corrected chi connectivity index (χ3v) is 4.58. The van der Waals surface area contributed by atoms with Gasteiger partial charge in [0.25, 0.3) is 0 Å². The highest BCUT2D eigenvalue weighted by Crippen LogP contribution is 2.13. The van der Waals surface area contributed by atoms with Crippen LogP contribution in [0.1, 0.15) is 103 Å². The quantitative estimate of drug-likeness (QED) is 0.227. The van der Waals surface area contributed by atoms with Crippen LogP contribution in [-0.2, 0) is 9.59 Å². The average molecular weight is 355 g/mol. The second-order valence-electron chi connectivity index (χ2n) is 7.02. The first-order valence-electron chi connectivity index (χ1n) is 10.2. The summed E-state index contributed by atoms with van der Waals surface area (Å²) < 4.78 is 0. The molecule has 0 aromatic rings. The Morgan fingerprint density at radius 3 is 1.68 bits per heavy atom. The zero-order valence-electron chi connectivity index (χ0n) is 16.0. The third kappa shape index (κ3) is 17.3. The Morgan fingerprint density at radius 1 is 0.760 bits per heavy atom. The summed E-state index contributed by atoms with van der Waals surface area (Å²) in [6.07, 6.45) is 20.7. The minimum absolute atomic E-state index is 0.305. The lowest BCUT2D eigenvalue weighted by Gasteiger charge is -2.05. The summed E-state index contributed by atoms with van der Waals surface area (Å²) in [5.74, 6) is -2.89. The van der Waals surface area contributed by atoms with Crippen LogP contribution in [0.4, 0.5) is 0 Å². The summed E-state index contributed by atoms with van der Waals surface area (Å²) in [4.78, 5) is 21.5. The molecule has 0 aromatic heterocycles. The molecule has 25 heavy (non-hydrogen) atoms. The number of allylic oxidation sites excluding steroid dienone is 2. The maximum absolute atomic E-state index is 10.9. The number of rotatable bonds is 18. The summed E-state index contributed by atoms with van der Waals surface area (Å²) >= 11 is 0. The van der Waals surface area contributed by atoms with E-state index in [1.54, 1.807) is 0 Å². The van der Waals surface area contributed by atoms with Gasteiger partial charge in [0.15, 0.2) is 0 Å². The largest absolute Gasteiger partial charge is 0.481 e. The van der Waals surface area contributed by atoms with Gasteiger partial charge in [0.1, 0.15) is 0 Å². The van der Waals surface area contributed by atoms with E-state index in [1.807, 2.05) is 12.2 Å². The first kappa shape index (κ1) is 23.7. The summed E-state index contributed by atoms with van der Waals surface area (Å²) in [6.45, 7) is 2.25. The summed E-state index contributed by atoms with van der Waals surface area (Å²) in [5.41, 5.74) is 0. The molecular formula is C21H38O4. The van der Waals surface area contributed by atoms with Gasteiger partial charge >= 0.3 is 11.9 Å². The Labute approximate surface area is 153 Å². The van der Waals surface area contributed by atoms with Crippen LogP contribution >= 0.6 is 0 Å². The smallest absolute Gasteiger partial charge is 0.307 e. The molecule has 0 aromatic carbocycles. The SMILES string of the molecule is CCCCCCCCCCCCCCC=CCC(CC(=O)O)C(=O)O. The summed E-state index contributed by atoms with van der Waals surface area (Å²) in [5, 5.41) is 17.6. The molecule has 0 rings (SSSR count). The van der Waals surface area contributed by atoms with Crippen molar-refractivity contribution in [3.8, 4) is 0 Å². The fourth-order valence-corrected chi connectivity index (χ4v) is 2.96. The van der Waals surface area contributed by atoms with Crippen molar-refractivity contribution < 1.29 is 19.8 Å². The number of carboxylic acids is 2. The van der Waals surface area contributed by atoms with Crippen LogP contribution in [0.3, 0.4) is 0 Å². The lowest BCUT2D eigenvalue weighted by Crippen LogP contribution is -2.16. The summed E-state index contributed by atoms with van der Waals surface area (Å²) in [7, 11) is 0. The average Bonchev–Trinajstić information content (AvgIpc) is 2.56. The zero-order valence-corrected chi connectivity index (χ0v) is 16.0. The van der Waals surface area contributed by atoms with Gasteiger partial charge in [0.05, 0.1) is 12.3 Å². The molecule has 0 aliphatic rings. The molecule has 0 amide bonds. The molecule has 0 bridgehead atoms. The number of hydrogen-bond acceptors (Lipinski definition) is 2. The highest BCUT2D eigenvalue weighted by atomic mass is 16.4. The molecule has 0 spiro atoms. The van der Waals surface area contributed by atoms with Crippen molar-refractivity contribution in [2.45, 2.75) is 103 Å². The topological polar surface area (TPSA) is 74.6 Å². The molecule has 0 radical (unpaired) electrons. The van der Waals surface area contributed by atoms with Crippen molar-refractivity contribution >= 4 is 11.9 Å². The molecule has 2 N–H and O–H groups in total. The molecule has 0 fully saturated rings. The van der Waals surface area contributed by atoms with Crippen LogP contribution in [0.2, 0.25) is 0 Å². The van der Waals surface area contributed by atoms with Gasteiger partial charge in [0, 0.05) is 0 Å². The van der Waals surface area contributed by atoms with Crippen LogP contribution < -0.4 is 0 Å². The Morgan fingerprint density at radius 2 is 1.24 bits per heavy atom. The van der Waals surface area contributed by atoms with E-state index in [9.17, 15) is 9.59 Å². The zero-order chi connectivity index (χ0) is 18.8. The van der Waals surface area contributed by atoms with E-state index in [4.69, 9.17) is 10.2 Å². The van der Waals surface area contributed by atoms with Gasteiger partial charge in [-0.3, -0.25) is 9.59 Å². The van der Waals surface area contributed by atoms with Gasteiger partial charge < -0.3 is 10.2 Å². The van der Waals surface area contributed by atoms with E-state index in [-0.39, 0.29) is 6.42 Å². The van der Waals surface area contributed by atoms with E-state index in [0.29, 0.717) is 6.42 Å². The predicted molar refractivity (Wildman–Crippen MR) is 103 cm³/mol. The highest BCUT2D eigenvalue weighted by molar-refractivity contribution is 5.77. The monoisotopic (exact) mass is 354 g/mol. The number of carbonyl (C=O) groups is 2. The second kappa shape index (κ2) is 17.5. The van der Waals surface area contributed by atoms with Crippen LogP contribution in [-0.4, -0.2) is 22.2 Å². The predicted octanol–water partition coefficient (Wildman–Crippen LogP) is 6.20. The van der Waals surface area contributed by atoms with Crippen molar-refractivity contribution in [1.29, 1.82) is 0 Å². The standard InChI is InChI=1S/C21H38O4/c1-2-3-4-5-6-7-8-9-10-11-12-13-14-15-16-17-19(21(24)25)18-20(22)23/h15-16,19H,2-14,17-18H2,1H3,(H,22,23)(H,24,25). The van der Waals surface area contributed by atoms with E-state index in [0.717, 1.165) is 12.8 Å². The Kier molecular flexibility index (Phi) is 16.6. The van der Waals surface area contributed by atoms with Gasteiger partial charge in [-0.2, -0.15) is 0 Å². The molecule has 0 saturated heterocycles. The number of carboxylic acid groups (broad SMARTS) is 2. The molecule has 0 heterocycles. The number of aliphatic carboxylic acids is 2. The van der Waals surface area contributed by atoms with Crippen LogP contribution in [0, 0.1) is 5.92 Å². The molecule has 0 saturated carbocycles. The van der Waals surface area contributed by atoms with E-state index < -0.39 is 17.9 Å². The Bertz CT molecular complexity index is 363. The van der Waals surface area contributed by atoms with Gasteiger partial charge in [0.2, 0.25) is 0 Å². The van der Waals surface area contributed by atoms with Crippen LogP contribution in [0.15, 0.2) is 12.2 Å². The highest BCUT2D eigenvalue weighted by Gasteiger charge is 2.19. The molecule has 1 atom stereocenters. The molecule has 4 heteroatoms. The van der Waals surface area contributed by atoms with Gasteiger partial charge in [-0.1, -0.05) is 89.7 Å². The maximum atomic E-state index is 10.9. The molecule has 1 unspecified atom stereocenters. The normalized spacial score (nSPS) is 12.5. The van der Waals surface area contributed by atoms with E-state index in [1.165, 1.54) is 70.6 Å². The van der Waals surface area contributed by atoms with Crippen LogP contribution in [0.5, 0.6) is 0 Å². The minimum atomic E-state index is -1.05. The second-order valence-corrected chi connectivity index (χ2v) is 7.02. The van der Waals surface area contributed by atoms with Gasteiger partial charge in [-0.15, -0.1) is 0 Å². The fraction of sp³-hybridized carbons (Fsp3) is 0.810. The van der Waals surface area contributed by atoms with Crippen molar-refractivity contribution in [3.05, 3.63) is 12.2 Å². The molecule has 0 aliphatic heterocycles. The van der Waals surface area contributed by atoms with Crippen molar-refractivity contribution in [1.82, 2.24) is 0 Å². The summed E-state index contributed by atoms with van der Waals surface area (Å²) in [6, 6.07) is 0. The van der Waals surface area contributed by atoms with Crippen molar-refractivity contribution in [2.24, 2.45) is 5.92 Å². The Balaban J connectivity index is 3.40. The number of unbranched alkanes of at least 4 members (excludes halogenated alkanes) is 12. The van der Waals surface area contributed by atoms with Gasteiger partial charge in [-0.25, -0.2) is 0 Å². The first-order valence-corrected chi connectivity index (χ1v) is 10.2. The van der Waals surface area contributed by atoms with Crippen molar-refractivity contribution in [2.75, 3.05) is 0 Å². The lowest BCUT2D eigenvalue weighted by atomic mass is 10.0. The fourth-order valence-electron chi connectivity index (χ4n) is 2.96. The molecule has 146 valence electrons. The Hall–Kier alpha value is -1.32. The molecule has 4 nitrogen and oxygen atoms in total. The van der Waals surface area contributed by atoms with Gasteiger partial charge in [-0.05, 0) is 19.3 Å². The third-order valence-electron chi connectivity index (χ3n) is 4.58. The van der Waals surface area contributed by atoms with E-state index in [2.05, 4.69) is 6.92 Å². The maximum Gasteiger partial charge on any atom is 0.307 e. The molecular weight excluding hydrogens is 316 g/mol. The van der Waals surface area contributed by atoms with Crippen LogP contribution in [0.25, 0.3) is 0 Å². The number of hydrogen-bond donors (Lipinski definition) is 2. The van der Waals surface area contributed by atoms with E-state index >= 15 is 0 Å². The van der Waals surface area contributed by atoms with Crippen molar-refractivity contribution in [3.63, 3.8) is 0 Å². The molecule has 0 aliphatic carbocycles. The minimum Gasteiger partial charge on any atom is -0.481 e.